The van der Waals surface area contributed by atoms with Crippen molar-refractivity contribution in [3.8, 4) is 0 Å². The highest BCUT2D eigenvalue weighted by molar-refractivity contribution is 14.0. The Bertz CT molecular complexity index is 827. The number of amides is 1. The average Bonchev–Trinajstić information content (AvgIpc) is 2.79. The lowest BCUT2D eigenvalue weighted by atomic mass is 10.0. The standard InChI is InChI=1S/C24H32N4O2.HI/c1-2-25-24(27-17-21(18-29)20-8-4-3-5-9-20)26-16-19-11-13-22(14-12-19)28-15-7-6-10-23(28)30;/h3-5,8-9,11-14,21,29H,2,6-7,10,15-18H2,1H3,(H2,25,26,27);1H. The van der Waals surface area contributed by atoms with Gasteiger partial charge in [0.25, 0.3) is 0 Å². The molecule has 0 spiro atoms. The van der Waals surface area contributed by atoms with Crippen LogP contribution in [0.3, 0.4) is 0 Å². The molecule has 1 aliphatic rings. The van der Waals surface area contributed by atoms with Crippen LogP contribution in [0.25, 0.3) is 0 Å². The van der Waals surface area contributed by atoms with Gasteiger partial charge in [0.05, 0.1) is 13.2 Å². The SMILES string of the molecule is CCNC(=NCc1ccc(N2CCCCC2=O)cc1)NCC(CO)c1ccccc1.I. The fourth-order valence-electron chi connectivity index (χ4n) is 3.61. The molecule has 3 rings (SSSR count). The van der Waals surface area contributed by atoms with Crippen LogP contribution in [0.4, 0.5) is 5.69 Å². The zero-order valence-electron chi connectivity index (χ0n) is 18.1. The molecule has 3 N–H and O–H groups in total. The van der Waals surface area contributed by atoms with Crippen LogP contribution in [0.2, 0.25) is 0 Å². The van der Waals surface area contributed by atoms with Crippen molar-refractivity contribution in [2.75, 3.05) is 31.1 Å². The topological polar surface area (TPSA) is 77.0 Å². The molecule has 0 saturated carbocycles. The number of piperidine rings is 1. The molecular formula is C24H33IN4O2. The van der Waals surface area contributed by atoms with Gasteiger partial charge in [-0.2, -0.15) is 0 Å². The van der Waals surface area contributed by atoms with Crippen LogP contribution < -0.4 is 15.5 Å². The quantitative estimate of drug-likeness (QED) is 0.274. The van der Waals surface area contributed by atoms with Gasteiger partial charge in [-0.15, -0.1) is 24.0 Å². The highest BCUT2D eigenvalue weighted by atomic mass is 127. The number of halogens is 1. The Kier molecular flexibility index (Phi) is 10.8. The number of hydrogen-bond donors (Lipinski definition) is 3. The summed E-state index contributed by atoms with van der Waals surface area (Å²) in [6.45, 7) is 4.81. The molecule has 1 aliphatic heterocycles. The molecule has 1 heterocycles. The number of nitrogens with one attached hydrogen (secondary N) is 2. The molecule has 1 saturated heterocycles. The first-order valence-corrected chi connectivity index (χ1v) is 10.8. The van der Waals surface area contributed by atoms with Crippen molar-refractivity contribution in [3.63, 3.8) is 0 Å². The second kappa shape index (κ2) is 13.3. The zero-order valence-corrected chi connectivity index (χ0v) is 20.4. The number of anilines is 1. The predicted octanol–water partition coefficient (Wildman–Crippen LogP) is 3.65. The summed E-state index contributed by atoms with van der Waals surface area (Å²) in [7, 11) is 0. The van der Waals surface area contributed by atoms with Crippen LogP contribution in [0.5, 0.6) is 0 Å². The molecular weight excluding hydrogens is 503 g/mol. The van der Waals surface area contributed by atoms with Crippen molar-refractivity contribution in [2.45, 2.75) is 38.6 Å². The second-order valence-electron chi connectivity index (χ2n) is 7.54. The van der Waals surface area contributed by atoms with Gasteiger partial charge in [0.1, 0.15) is 0 Å². The molecule has 2 aromatic carbocycles. The third-order valence-electron chi connectivity index (χ3n) is 5.34. The molecule has 2 aromatic rings. The lowest BCUT2D eigenvalue weighted by molar-refractivity contribution is -0.119. The van der Waals surface area contributed by atoms with E-state index in [0.717, 1.165) is 48.7 Å². The van der Waals surface area contributed by atoms with E-state index in [1.54, 1.807) is 0 Å². The zero-order chi connectivity index (χ0) is 21.2. The molecule has 6 nitrogen and oxygen atoms in total. The van der Waals surface area contributed by atoms with Gasteiger partial charge in [-0.3, -0.25) is 4.79 Å². The first-order chi connectivity index (χ1) is 14.7. The van der Waals surface area contributed by atoms with Gasteiger partial charge in [0.15, 0.2) is 5.96 Å². The minimum Gasteiger partial charge on any atom is -0.396 e. The number of aliphatic imine (C=N–C) groups is 1. The van der Waals surface area contributed by atoms with E-state index in [9.17, 15) is 9.90 Å². The number of rotatable bonds is 8. The fourth-order valence-corrected chi connectivity index (χ4v) is 3.61. The molecule has 168 valence electrons. The normalized spacial score (nSPS) is 15.2. The number of aliphatic hydroxyl groups is 1. The van der Waals surface area contributed by atoms with Crippen LogP contribution in [0.15, 0.2) is 59.6 Å². The van der Waals surface area contributed by atoms with Crippen LogP contribution in [0, 0.1) is 0 Å². The van der Waals surface area contributed by atoms with Gasteiger partial charge in [0.2, 0.25) is 5.91 Å². The lowest BCUT2D eigenvalue weighted by Gasteiger charge is -2.26. The van der Waals surface area contributed by atoms with E-state index in [1.807, 2.05) is 66.4 Å². The van der Waals surface area contributed by atoms with Crippen molar-refractivity contribution < 1.29 is 9.90 Å². The third-order valence-corrected chi connectivity index (χ3v) is 5.34. The summed E-state index contributed by atoms with van der Waals surface area (Å²) in [6, 6.07) is 18.1. The van der Waals surface area contributed by atoms with E-state index in [1.165, 1.54) is 0 Å². The van der Waals surface area contributed by atoms with Crippen LogP contribution in [-0.4, -0.2) is 43.2 Å². The molecule has 0 aromatic heterocycles. The highest BCUT2D eigenvalue weighted by Crippen LogP contribution is 2.21. The maximum atomic E-state index is 12.1. The maximum Gasteiger partial charge on any atom is 0.226 e. The van der Waals surface area contributed by atoms with Crippen LogP contribution in [-0.2, 0) is 11.3 Å². The van der Waals surface area contributed by atoms with E-state index in [0.29, 0.717) is 19.5 Å². The van der Waals surface area contributed by atoms with E-state index in [-0.39, 0.29) is 42.4 Å². The summed E-state index contributed by atoms with van der Waals surface area (Å²) in [5.74, 6) is 0.945. The number of guanidine groups is 1. The smallest absolute Gasteiger partial charge is 0.226 e. The van der Waals surface area contributed by atoms with Gasteiger partial charge in [-0.05, 0) is 43.0 Å². The van der Waals surface area contributed by atoms with Crippen LogP contribution in [0.1, 0.15) is 43.2 Å². The molecule has 1 atom stereocenters. The Hall–Kier alpha value is -2.13. The molecule has 31 heavy (non-hydrogen) atoms. The minimum atomic E-state index is 0. The van der Waals surface area contributed by atoms with E-state index in [2.05, 4.69) is 15.6 Å². The van der Waals surface area contributed by atoms with E-state index >= 15 is 0 Å². The molecule has 0 bridgehead atoms. The number of carbonyl (C=O) groups is 1. The summed E-state index contributed by atoms with van der Waals surface area (Å²) in [5, 5.41) is 16.3. The van der Waals surface area contributed by atoms with Crippen LogP contribution >= 0.6 is 24.0 Å². The van der Waals surface area contributed by atoms with Crippen molar-refractivity contribution in [1.29, 1.82) is 0 Å². The molecule has 1 fully saturated rings. The number of carbonyl (C=O) groups excluding carboxylic acids is 1. The predicted molar refractivity (Wildman–Crippen MR) is 137 cm³/mol. The summed E-state index contributed by atoms with van der Waals surface area (Å²) in [6.07, 6.45) is 2.69. The molecule has 1 unspecified atom stereocenters. The molecule has 1 amide bonds. The summed E-state index contributed by atoms with van der Waals surface area (Å²) >= 11 is 0. The Morgan fingerprint density at radius 3 is 2.48 bits per heavy atom. The fraction of sp³-hybridized carbons (Fsp3) is 0.417. The number of aliphatic hydroxyl groups excluding tert-OH is 1. The monoisotopic (exact) mass is 536 g/mol. The molecule has 7 heteroatoms. The van der Waals surface area contributed by atoms with Crippen molar-refractivity contribution in [1.82, 2.24) is 10.6 Å². The van der Waals surface area contributed by atoms with Gasteiger partial charge < -0.3 is 20.6 Å². The van der Waals surface area contributed by atoms with Gasteiger partial charge >= 0.3 is 0 Å². The molecule has 0 radical (unpaired) electrons. The van der Waals surface area contributed by atoms with E-state index < -0.39 is 0 Å². The number of benzene rings is 2. The van der Waals surface area contributed by atoms with Crippen molar-refractivity contribution in [3.05, 3.63) is 65.7 Å². The highest BCUT2D eigenvalue weighted by Gasteiger charge is 2.19. The number of hydrogen-bond acceptors (Lipinski definition) is 3. The Morgan fingerprint density at radius 2 is 1.84 bits per heavy atom. The second-order valence-corrected chi connectivity index (χ2v) is 7.54. The third kappa shape index (κ3) is 7.50. The lowest BCUT2D eigenvalue weighted by Crippen LogP contribution is -2.39. The van der Waals surface area contributed by atoms with Gasteiger partial charge in [-0.25, -0.2) is 4.99 Å². The minimum absolute atomic E-state index is 0. The Labute approximate surface area is 202 Å². The summed E-state index contributed by atoms with van der Waals surface area (Å²) < 4.78 is 0. The maximum absolute atomic E-state index is 12.1. The molecule has 0 aliphatic carbocycles. The van der Waals surface area contributed by atoms with Crippen molar-refractivity contribution in [2.24, 2.45) is 4.99 Å². The Balaban J connectivity index is 0.00000341. The average molecular weight is 536 g/mol. The Morgan fingerprint density at radius 1 is 1.10 bits per heavy atom. The summed E-state index contributed by atoms with van der Waals surface area (Å²) in [4.78, 5) is 18.6. The van der Waals surface area contributed by atoms with Gasteiger partial charge in [0, 0.05) is 37.7 Å². The largest absolute Gasteiger partial charge is 0.396 e. The first kappa shape index (κ1) is 25.1. The van der Waals surface area contributed by atoms with Crippen molar-refractivity contribution >= 4 is 41.5 Å². The van der Waals surface area contributed by atoms with Gasteiger partial charge in [-0.1, -0.05) is 42.5 Å². The first-order valence-electron chi connectivity index (χ1n) is 10.8. The number of nitrogens with zero attached hydrogens (tertiary/aromatic N) is 2. The van der Waals surface area contributed by atoms with E-state index in [4.69, 9.17) is 0 Å². The summed E-state index contributed by atoms with van der Waals surface area (Å²) in [5.41, 5.74) is 3.15.